The first-order valence-electron chi connectivity index (χ1n) is 11.6. The minimum Gasteiger partial charge on any atom is -0.451 e. The second kappa shape index (κ2) is 9.55. The number of hydrogen-bond acceptors (Lipinski definition) is 6. The van der Waals surface area contributed by atoms with E-state index in [2.05, 4.69) is 14.8 Å². The fourth-order valence-corrected chi connectivity index (χ4v) is 4.82. The Labute approximate surface area is 222 Å². The summed E-state index contributed by atoms with van der Waals surface area (Å²) in [6.07, 6.45) is 2.34. The van der Waals surface area contributed by atoms with Crippen molar-refractivity contribution in [3.8, 4) is 17.2 Å². The molecule has 0 aliphatic carbocycles. The third-order valence-corrected chi connectivity index (χ3v) is 6.75. The first-order chi connectivity index (χ1) is 18.4. The molecule has 5 rings (SSSR count). The largest absolute Gasteiger partial charge is 0.451 e. The van der Waals surface area contributed by atoms with Crippen LogP contribution in [0.1, 0.15) is 27.2 Å². The molecule has 0 saturated heterocycles. The Hall–Kier alpha value is -4.71. The molecule has 0 radical (unpaired) electrons. The zero-order valence-electron chi connectivity index (χ0n) is 21.0. The van der Waals surface area contributed by atoms with E-state index < -0.39 is 27.4 Å². The average Bonchev–Trinajstić information content (AvgIpc) is 3.45. The molecule has 2 heterocycles. The van der Waals surface area contributed by atoms with Gasteiger partial charge in [-0.15, -0.1) is 0 Å². The molecule has 0 saturated carbocycles. The highest BCUT2D eigenvalue weighted by Gasteiger charge is 2.22. The first kappa shape index (κ1) is 25.9. The number of aromatic amines is 1. The Kier molecular flexibility index (Phi) is 6.35. The van der Waals surface area contributed by atoms with Gasteiger partial charge in [0, 0.05) is 16.5 Å². The van der Waals surface area contributed by atoms with Crippen molar-refractivity contribution in [2.24, 2.45) is 0 Å². The number of H-pyrrole nitrogens is 1. The third-order valence-electron chi connectivity index (χ3n) is 6.16. The van der Waals surface area contributed by atoms with Crippen molar-refractivity contribution >= 4 is 38.2 Å². The van der Waals surface area contributed by atoms with Gasteiger partial charge in [-0.25, -0.2) is 21.9 Å². The molecule has 0 unspecified atom stereocenters. The summed E-state index contributed by atoms with van der Waals surface area (Å²) in [5.41, 5.74) is 8.58. The van der Waals surface area contributed by atoms with Gasteiger partial charge < -0.3 is 15.5 Å². The molecule has 0 amide bonds. The monoisotopic (exact) mass is 551 g/mol. The summed E-state index contributed by atoms with van der Waals surface area (Å²) in [7, 11) is -3.49. The Morgan fingerprint density at radius 3 is 2.54 bits per heavy atom. The summed E-state index contributed by atoms with van der Waals surface area (Å²) in [5, 5.41) is 4.90. The maximum atomic E-state index is 15.2. The molecular weight excluding hydrogens is 528 g/mol. The first-order valence-corrected chi connectivity index (χ1v) is 13.5. The summed E-state index contributed by atoms with van der Waals surface area (Å²) < 4.78 is 61.5. The van der Waals surface area contributed by atoms with Crippen molar-refractivity contribution in [1.82, 2.24) is 14.8 Å². The number of ketones is 1. The Morgan fingerprint density at radius 1 is 1.08 bits per heavy atom. The molecule has 4 N–H and O–H groups in total. The molecule has 0 bridgehead atoms. The molecule has 2 aromatic heterocycles. The zero-order chi connectivity index (χ0) is 28.1. The number of anilines is 2. The highest BCUT2D eigenvalue weighted by atomic mass is 32.2. The van der Waals surface area contributed by atoms with Crippen molar-refractivity contribution < 1.29 is 26.7 Å². The summed E-state index contributed by atoms with van der Waals surface area (Å²) in [4.78, 5) is 16.3. The van der Waals surface area contributed by atoms with E-state index in [0.29, 0.717) is 22.2 Å². The number of fused-ring (bicyclic) bond motifs is 1. The molecular formula is C27H23F2N5O4S. The molecule has 0 aliphatic heterocycles. The van der Waals surface area contributed by atoms with E-state index in [9.17, 15) is 17.6 Å². The van der Waals surface area contributed by atoms with Crippen LogP contribution in [0.25, 0.3) is 16.6 Å². The van der Waals surface area contributed by atoms with Crippen LogP contribution in [0.3, 0.4) is 0 Å². The van der Waals surface area contributed by atoms with Crippen molar-refractivity contribution in [2.45, 2.75) is 13.8 Å². The minimum atomic E-state index is -3.49. The molecule has 3 aromatic carbocycles. The number of carbonyl (C=O) groups excluding carboxylic acids is 1. The van der Waals surface area contributed by atoms with Crippen molar-refractivity contribution in [3.05, 3.63) is 94.8 Å². The lowest BCUT2D eigenvalue weighted by Crippen LogP contribution is -2.10. The highest BCUT2D eigenvalue weighted by molar-refractivity contribution is 7.92. The van der Waals surface area contributed by atoms with Crippen LogP contribution < -0.4 is 15.2 Å². The fraction of sp³-hybridized carbons (Fsp3) is 0.111. The number of nitrogens with one attached hydrogen (secondary N) is 2. The number of nitrogens with zero attached hydrogens (tertiary/aromatic N) is 2. The summed E-state index contributed by atoms with van der Waals surface area (Å²) in [6.45, 7) is 3.24. The number of carbonyl (C=O) groups is 1. The minimum absolute atomic E-state index is 0.0143. The number of aryl methyl sites for hydroxylation is 1. The number of benzene rings is 3. The van der Waals surface area contributed by atoms with Crippen LogP contribution in [0.2, 0.25) is 0 Å². The number of para-hydroxylation sites is 1. The molecule has 200 valence electrons. The van der Waals surface area contributed by atoms with Crippen LogP contribution in [0.5, 0.6) is 11.5 Å². The lowest BCUT2D eigenvalue weighted by Gasteiger charge is -2.13. The standard InChI is InChI=1S/C27H23F2N5O4S/c1-14-10-16-11-21(32-20(16)12-19(14)33-39(3,36)37)26(35)17-13-31-34(27(17)30)22-8-9-24(25(29)15(22)2)38-23-7-5-4-6-18(23)28/h4-13,32-33H,30H2,1-3H3. The molecule has 0 aliphatic rings. The molecule has 39 heavy (non-hydrogen) atoms. The topological polar surface area (TPSA) is 132 Å². The van der Waals surface area contributed by atoms with E-state index in [-0.39, 0.29) is 39.8 Å². The maximum Gasteiger partial charge on any atom is 0.229 e. The average molecular weight is 552 g/mol. The summed E-state index contributed by atoms with van der Waals surface area (Å²) in [6, 6.07) is 13.5. The van der Waals surface area contributed by atoms with Gasteiger partial charge in [0.1, 0.15) is 5.82 Å². The molecule has 9 nitrogen and oxygen atoms in total. The quantitative estimate of drug-likeness (QED) is 0.238. The van der Waals surface area contributed by atoms with Gasteiger partial charge in [-0.3, -0.25) is 9.52 Å². The molecule has 0 atom stereocenters. The van der Waals surface area contributed by atoms with Gasteiger partial charge in [-0.2, -0.15) is 5.10 Å². The molecule has 0 fully saturated rings. The lowest BCUT2D eigenvalue weighted by molar-refractivity contribution is 0.103. The van der Waals surface area contributed by atoms with E-state index in [1.807, 2.05) is 0 Å². The van der Waals surface area contributed by atoms with E-state index in [1.165, 1.54) is 48.1 Å². The molecule has 0 spiro atoms. The van der Waals surface area contributed by atoms with Crippen LogP contribution >= 0.6 is 0 Å². The van der Waals surface area contributed by atoms with Gasteiger partial charge in [-0.05, 0) is 61.9 Å². The van der Waals surface area contributed by atoms with E-state index in [1.54, 1.807) is 31.2 Å². The maximum absolute atomic E-state index is 15.2. The number of aromatic nitrogens is 3. The number of halogens is 2. The van der Waals surface area contributed by atoms with Gasteiger partial charge in [0.2, 0.25) is 15.8 Å². The number of hydrogen-bond donors (Lipinski definition) is 3. The Balaban J connectivity index is 1.46. The number of ether oxygens (including phenoxy) is 1. The van der Waals surface area contributed by atoms with Crippen molar-refractivity contribution in [3.63, 3.8) is 0 Å². The van der Waals surface area contributed by atoms with Crippen LogP contribution in [0.4, 0.5) is 20.3 Å². The fourth-order valence-electron chi connectivity index (χ4n) is 4.20. The number of rotatable bonds is 7. The van der Waals surface area contributed by atoms with Crippen LogP contribution in [-0.4, -0.2) is 35.2 Å². The van der Waals surface area contributed by atoms with E-state index >= 15 is 4.39 Å². The second-order valence-electron chi connectivity index (χ2n) is 9.05. The van der Waals surface area contributed by atoms with Gasteiger partial charge >= 0.3 is 0 Å². The van der Waals surface area contributed by atoms with E-state index in [0.717, 1.165) is 6.26 Å². The van der Waals surface area contributed by atoms with E-state index in [4.69, 9.17) is 10.5 Å². The molecule has 5 aromatic rings. The predicted molar refractivity (Wildman–Crippen MR) is 144 cm³/mol. The highest BCUT2D eigenvalue weighted by Crippen LogP contribution is 2.32. The van der Waals surface area contributed by atoms with Crippen molar-refractivity contribution in [1.29, 1.82) is 0 Å². The van der Waals surface area contributed by atoms with Gasteiger partial charge in [0.15, 0.2) is 23.1 Å². The van der Waals surface area contributed by atoms with Gasteiger partial charge in [0.25, 0.3) is 0 Å². The smallest absolute Gasteiger partial charge is 0.229 e. The van der Waals surface area contributed by atoms with Crippen LogP contribution in [0, 0.1) is 25.5 Å². The zero-order valence-corrected chi connectivity index (χ0v) is 21.9. The number of nitrogens with two attached hydrogens (primary N) is 1. The summed E-state index contributed by atoms with van der Waals surface area (Å²) >= 11 is 0. The number of sulfonamides is 1. The Morgan fingerprint density at radius 2 is 1.82 bits per heavy atom. The van der Waals surface area contributed by atoms with Crippen LogP contribution in [0.15, 0.2) is 60.8 Å². The third kappa shape index (κ3) is 4.93. The Bertz CT molecular complexity index is 1880. The van der Waals surface area contributed by atoms with Crippen LogP contribution in [-0.2, 0) is 10.0 Å². The normalized spacial score (nSPS) is 11.6. The van der Waals surface area contributed by atoms with Gasteiger partial charge in [-0.1, -0.05) is 12.1 Å². The second-order valence-corrected chi connectivity index (χ2v) is 10.8. The van der Waals surface area contributed by atoms with Crippen molar-refractivity contribution in [2.75, 3.05) is 16.7 Å². The number of nitrogen functional groups attached to an aromatic ring is 1. The SMILES string of the molecule is Cc1cc2cc(C(=O)c3cnn(-c4ccc(Oc5ccccc5F)c(F)c4C)c3N)[nH]c2cc1NS(C)(=O)=O. The lowest BCUT2D eigenvalue weighted by atomic mass is 10.1. The van der Waals surface area contributed by atoms with Gasteiger partial charge in [0.05, 0.1) is 35.1 Å². The predicted octanol–water partition coefficient (Wildman–Crippen LogP) is 5.23. The summed E-state index contributed by atoms with van der Waals surface area (Å²) in [5.74, 6) is -2.14. The molecule has 12 heteroatoms.